The molecule has 2 rings (SSSR count). The van der Waals surface area contributed by atoms with Crippen LogP contribution in [-0.4, -0.2) is 36.4 Å². The van der Waals surface area contributed by atoms with Crippen molar-refractivity contribution in [3.05, 3.63) is 56.5 Å². The molecular formula is C22H26Br2N2O3. The van der Waals surface area contributed by atoms with Crippen LogP contribution in [0.15, 0.2) is 45.3 Å². The maximum Gasteiger partial charge on any atom is 0.262 e. The third kappa shape index (κ3) is 6.85. The Morgan fingerprint density at radius 2 is 1.66 bits per heavy atom. The van der Waals surface area contributed by atoms with Crippen molar-refractivity contribution in [2.24, 2.45) is 0 Å². The van der Waals surface area contributed by atoms with E-state index in [1.54, 1.807) is 24.3 Å². The quantitative estimate of drug-likeness (QED) is 0.450. The van der Waals surface area contributed by atoms with Gasteiger partial charge in [0.15, 0.2) is 6.61 Å². The lowest BCUT2D eigenvalue weighted by Crippen LogP contribution is -2.32. The fourth-order valence-electron chi connectivity index (χ4n) is 2.94. The largest absolute Gasteiger partial charge is 0.482 e. The second kappa shape index (κ2) is 11.4. The summed E-state index contributed by atoms with van der Waals surface area (Å²) in [5.41, 5.74) is 2.17. The summed E-state index contributed by atoms with van der Waals surface area (Å²) in [7, 11) is 0. The van der Waals surface area contributed by atoms with Crippen LogP contribution in [0.4, 0.5) is 5.69 Å². The number of hydrogen-bond acceptors (Lipinski definition) is 3. The van der Waals surface area contributed by atoms with Gasteiger partial charge >= 0.3 is 0 Å². The molecule has 29 heavy (non-hydrogen) atoms. The van der Waals surface area contributed by atoms with E-state index in [1.165, 1.54) is 0 Å². The van der Waals surface area contributed by atoms with Crippen molar-refractivity contribution in [3.63, 3.8) is 0 Å². The summed E-state index contributed by atoms with van der Waals surface area (Å²) in [5, 5.41) is 2.79. The third-order valence-corrected chi connectivity index (χ3v) is 5.28. The Labute approximate surface area is 189 Å². The molecule has 0 saturated heterocycles. The van der Waals surface area contributed by atoms with E-state index in [0.717, 1.165) is 40.4 Å². The molecular weight excluding hydrogens is 500 g/mol. The molecule has 0 fully saturated rings. The van der Waals surface area contributed by atoms with Gasteiger partial charge in [-0.15, -0.1) is 0 Å². The molecule has 0 aromatic heterocycles. The third-order valence-electron chi connectivity index (χ3n) is 4.23. The minimum atomic E-state index is -0.267. The van der Waals surface area contributed by atoms with Crippen molar-refractivity contribution >= 4 is 49.4 Å². The van der Waals surface area contributed by atoms with Crippen LogP contribution in [0.3, 0.4) is 0 Å². The molecule has 0 spiro atoms. The first kappa shape index (κ1) is 23.4. The molecule has 0 radical (unpaired) electrons. The Balaban J connectivity index is 1.95. The molecule has 0 aliphatic heterocycles. The Morgan fingerprint density at radius 3 is 2.21 bits per heavy atom. The first-order valence-corrected chi connectivity index (χ1v) is 11.2. The normalized spacial score (nSPS) is 10.5. The Hall–Kier alpha value is -1.86. The molecule has 5 nitrogen and oxygen atoms in total. The van der Waals surface area contributed by atoms with Crippen LogP contribution in [-0.2, 0) is 4.79 Å². The maximum absolute atomic E-state index is 12.6. The molecule has 0 atom stereocenters. The highest BCUT2D eigenvalue weighted by Gasteiger charge is 2.14. The van der Waals surface area contributed by atoms with Gasteiger partial charge in [0.1, 0.15) is 5.75 Å². The van der Waals surface area contributed by atoms with Gasteiger partial charge in [-0.25, -0.2) is 0 Å². The molecule has 0 bridgehead atoms. The lowest BCUT2D eigenvalue weighted by molar-refractivity contribution is -0.118. The number of ether oxygens (including phenoxy) is 1. The predicted octanol–water partition coefficient (Wildman–Crippen LogP) is 5.80. The smallest absolute Gasteiger partial charge is 0.262 e. The lowest BCUT2D eigenvalue weighted by atomic mass is 10.1. The molecule has 2 amide bonds. The Morgan fingerprint density at radius 1 is 1.03 bits per heavy atom. The van der Waals surface area contributed by atoms with Crippen molar-refractivity contribution in [2.45, 2.75) is 33.6 Å². The number of anilines is 1. The second-order valence-electron chi connectivity index (χ2n) is 6.74. The number of halogens is 2. The number of carbonyl (C=O) groups is 2. The van der Waals surface area contributed by atoms with E-state index in [2.05, 4.69) is 51.0 Å². The van der Waals surface area contributed by atoms with Gasteiger partial charge < -0.3 is 15.0 Å². The number of nitrogens with one attached hydrogen (secondary N) is 1. The van der Waals surface area contributed by atoms with E-state index in [-0.39, 0.29) is 18.4 Å². The minimum Gasteiger partial charge on any atom is -0.482 e. The molecule has 0 aliphatic carbocycles. The minimum absolute atomic E-state index is 0.0190. The monoisotopic (exact) mass is 524 g/mol. The van der Waals surface area contributed by atoms with E-state index < -0.39 is 0 Å². The SMILES string of the molecule is CCCN(CCC)C(=O)c1ccc(NC(=O)COc2c(C)cc(Br)cc2Br)cc1. The first-order chi connectivity index (χ1) is 13.8. The fourth-order valence-corrected chi connectivity index (χ4v) is 4.49. The molecule has 7 heteroatoms. The molecule has 0 heterocycles. The van der Waals surface area contributed by atoms with Gasteiger partial charge in [0.2, 0.25) is 0 Å². The van der Waals surface area contributed by atoms with Crippen LogP contribution in [0, 0.1) is 6.92 Å². The van der Waals surface area contributed by atoms with Gasteiger partial charge in [-0.3, -0.25) is 9.59 Å². The van der Waals surface area contributed by atoms with E-state index in [4.69, 9.17) is 4.74 Å². The summed E-state index contributed by atoms with van der Waals surface area (Å²) < 4.78 is 7.38. The summed E-state index contributed by atoms with van der Waals surface area (Å²) in [4.78, 5) is 26.7. The number of hydrogen-bond donors (Lipinski definition) is 1. The molecule has 0 saturated carbocycles. The molecule has 0 unspecified atom stereocenters. The van der Waals surface area contributed by atoms with E-state index in [1.807, 2.05) is 24.0 Å². The van der Waals surface area contributed by atoms with Gasteiger partial charge in [0.25, 0.3) is 11.8 Å². The van der Waals surface area contributed by atoms with Crippen molar-refractivity contribution < 1.29 is 14.3 Å². The highest BCUT2D eigenvalue weighted by molar-refractivity contribution is 9.11. The Kier molecular flexibility index (Phi) is 9.17. The van der Waals surface area contributed by atoms with Crippen LogP contribution in [0.25, 0.3) is 0 Å². The molecule has 0 aliphatic rings. The summed E-state index contributed by atoms with van der Waals surface area (Å²) in [6, 6.07) is 10.8. The lowest BCUT2D eigenvalue weighted by Gasteiger charge is -2.21. The van der Waals surface area contributed by atoms with Crippen LogP contribution < -0.4 is 10.1 Å². The number of rotatable bonds is 9. The van der Waals surface area contributed by atoms with E-state index in [0.29, 0.717) is 17.0 Å². The van der Waals surface area contributed by atoms with Crippen LogP contribution in [0.2, 0.25) is 0 Å². The Bertz CT molecular complexity index is 825. The topological polar surface area (TPSA) is 58.6 Å². The zero-order valence-corrected chi connectivity index (χ0v) is 20.1. The summed E-state index contributed by atoms with van der Waals surface area (Å²) in [6.45, 7) is 7.42. The van der Waals surface area contributed by atoms with Crippen molar-refractivity contribution in [3.8, 4) is 5.75 Å². The van der Waals surface area contributed by atoms with Crippen LogP contribution >= 0.6 is 31.9 Å². The van der Waals surface area contributed by atoms with Crippen LogP contribution in [0.1, 0.15) is 42.6 Å². The number of nitrogens with zero attached hydrogens (tertiary/aromatic N) is 1. The van der Waals surface area contributed by atoms with Crippen LogP contribution in [0.5, 0.6) is 5.75 Å². The van der Waals surface area contributed by atoms with Gasteiger partial charge in [-0.05, 0) is 77.7 Å². The number of aryl methyl sites for hydroxylation is 1. The van der Waals surface area contributed by atoms with E-state index in [9.17, 15) is 9.59 Å². The average Bonchev–Trinajstić information content (AvgIpc) is 2.67. The number of carbonyl (C=O) groups excluding carboxylic acids is 2. The van der Waals surface area contributed by atoms with Crippen molar-refractivity contribution in [2.75, 3.05) is 25.0 Å². The average molecular weight is 526 g/mol. The summed E-state index contributed by atoms with van der Waals surface area (Å²) in [6.07, 6.45) is 1.85. The first-order valence-electron chi connectivity index (χ1n) is 9.63. The molecule has 156 valence electrons. The summed E-state index contributed by atoms with van der Waals surface area (Å²) >= 11 is 6.87. The highest BCUT2D eigenvalue weighted by Crippen LogP contribution is 2.32. The zero-order valence-electron chi connectivity index (χ0n) is 16.9. The van der Waals surface area contributed by atoms with Crippen molar-refractivity contribution in [1.82, 2.24) is 4.90 Å². The second-order valence-corrected chi connectivity index (χ2v) is 8.51. The van der Waals surface area contributed by atoms with Gasteiger partial charge in [0, 0.05) is 28.8 Å². The molecule has 1 N–H and O–H groups in total. The van der Waals surface area contributed by atoms with Gasteiger partial charge in [-0.2, -0.15) is 0 Å². The molecule has 2 aromatic rings. The predicted molar refractivity (Wildman–Crippen MR) is 124 cm³/mol. The van der Waals surface area contributed by atoms with Gasteiger partial charge in [-0.1, -0.05) is 29.8 Å². The summed E-state index contributed by atoms with van der Waals surface area (Å²) in [5.74, 6) is 0.388. The molecule has 2 aromatic carbocycles. The van der Waals surface area contributed by atoms with Crippen molar-refractivity contribution in [1.29, 1.82) is 0 Å². The van der Waals surface area contributed by atoms with Gasteiger partial charge in [0.05, 0.1) is 4.47 Å². The standard InChI is InChI=1S/C22H26Br2N2O3/c1-4-10-26(11-5-2)22(28)16-6-8-18(9-7-16)25-20(27)14-29-21-15(3)12-17(23)13-19(21)24/h6-9,12-13H,4-5,10-11,14H2,1-3H3,(H,25,27). The maximum atomic E-state index is 12.6. The van der Waals surface area contributed by atoms with E-state index >= 15 is 0 Å². The fraction of sp³-hybridized carbons (Fsp3) is 0.364. The zero-order chi connectivity index (χ0) is 21.4. The number of amides is 2. The highest BCUT2D eigenvalue weighted by atomic mass is 79.9. The number of benzene rings is 2.